The van der Waals surface area contributed by atoms with Crippen LogP contribution in [0.25, 0.3) is 0 Å². The van der Waals surface area contributed by atoms with Gasteiger partial charge in [0.05, 0.1) is 0 Å². The fourth-order valence-corrected chi connectivity index (χ4v) is 2.41. The van der Waals surface area contributed by atoms with E-state index in [1.54, 1.807) is 4.90 Å². The molecule has 1 atom stereocenters. The van der Waals surface area contributed by atoms with Crippen molar-refractivity contribution in [3.8, 4) is 0 Å². The fraction of sp³-hybridized carbons (Fsp3) is 0.929. The van der Waals surface area contributed by atoms with Gasteiger partial charge in [-0.1, -0.05) is 13.3 Å². The highest BCUT2D eigenvalue weighted by atomic mass is 16.6. The van der Waals surface area contributed by atoms with Crippen LogP contribution in [0.4, 0.5) is 4.79 Å². The highest BCUT2D eigenvalue weighted by Crippen LogP contribution is 2.23. The number of nitrogens with two attached hydrogens (primary N) is 1. The minimum atomic E-state index is -0.410. The Morgan fingerprint density at radius 1 is 1.39 bits per heavy atom. The third-order valence-electron chi connectivity index (χ3n) is 3.42. The normalized spacial score (nSPS) is 19.7. The Morgan fingerprint density at radius 2 is 1.94 bits per heavy atom. The van der Waals surface area contributed by atoms with Crippen molar-refractivity contribution >= 4 is 6.09 Å². The summed E-state index contributed by atoms with van der Waals surface area (Å²) in [5.74, 6) is 0.559. The second kappa shape index (κ2) is 6.41. The van der Waals surface area contributed by atoms with E-state index in [9.17, 15) is 4.79 Å². The first-order valence-corrected chi connectivity index (χ1v) is 7.07. The van der Waals surface area contributed by atoms with E-state index in [0.29, 0.717) is 5.92 Å². The van der Waals surface area contributed by atoms with Crippen molar-refractivity contribution in [3.63, 3.8) is 0 Å². The van der Waals surface area contributed by atoms with E-state index in [0.717, 1.165) is 38.8 Å². The topological polar surface area (TPSA) is 55.6 Å². The molecule has 0 saturated carbocycles. The molecule has 0 aliphatic carbocycles. The predicted octanol–water partition coefficient (Wildman–Crippen LogP) is 2.76. The summed E-state index contributed by atoms with van der Waals surface area (Å²) in [6, 6.07) is 0.288. The van der Waals surface area contributed by atoms with Crippen molar-refractivity contribution in [1.82, 2.24) is 4.90 Å². The highest BCUT2D eigenvalue weighted by Gasteiger charge is 2.28. The van der Waals surface area contributed by atoms with Crippen LogP contribution in [0.1, 0.15) is 53.4 Å². The number of carbonyl (C=O) groups excluding carboxylic acids is 1. The van der Waals surface area contributed by atoms with Crippen molar-refractivity contribution in [3.05, 3.63) is 0 Å². The molecule has 1 rings (SSSR count). The zero-order valence-electron chi connectivity index (χ0n) is 12.2. The van der Waals surface area contributed by atoms with Gasteiger partial charge in [-0.05, 0) is 46.0 Å². The van der Waals surface area contributed by atoms with E-state index < -0.39 is 5.60 Å². The summed E-state index contributed by atoms with van der Waals surface area (Å²) in [7, 11) is 0. The second-order valence-corrected chi connectivity index (χ2v) is 6.26. The highest BCUT2D eigenvalue weighted by molar-refractivity contribution is 5.68. The zero-order chi connectivity index (χ0) is 13.8. The van der Waals surface area contributed by atoms with Crippen molar-refractivity contribution < 1.29 is 9.53 Å². The van der Waals surface area contributed by atoms with Crippen LogP contribution in [-0.2, 0) is 4.74 Å². The maximum absolute atomic E-state index is 11.9. The number of ether oxygens (including phenoxy) is 1. The van der Waals surface area contributed by atoms with Crippen LogP contribution in [-0.4, -0.2) is 35.7 Å². The number of likely N-dealkylation sites (tertiary alicyclic amines) is 1. The fourth-order valence-electron chi connectivity index (χ4n) is 2.41. The molecule has 1 aliphatic rings. The quantitative estimate of drug-likeness (QED) is 0.844. The van der Waals surface area contributed by atoms with E-state index >= 15 is 0 Å². The van der Waals surface area contributed by atoms with E-state index in [-0.39, 0.29) is 12.1 Å². The molecule has 4 nitrogen and oxygen atoms in total. The molecule has 1 saturated heterocycles. The number of amides is 1. The summed E-state index contributed by atoms with van der Waals surface area (Å²) in [5.41, 5.74) is 5.74. The average molecular weight is 256 g/mol. The molecule has 0 spiro atoms. The first-order valence-electron chi connectivity index (χ1n) is 7.07. The SMILES string of the molecule is CCCC(N)C1CCN(C(=O)OC(C)(C)C)CC1. The smallest absolute Gasteiger partial charge is 0.410 e. The van der Waals surface area contributed by atoms with Crippen LogP contribution >= 0.6 is 0 Å². The third-order valence-corrected chi connectivity index (χ3v) is 3.42. The lowest BCUT2D eigenvalue weighted by atomic mass is 9.88. The molecule has 0 bridgehead atoms. The molecular formula is C14H28N2O2. The Kier molecular flexibility index (Phi) is 5.45. The molecular weight excluding hydrogens is 228 g/mol. The van der Waals surface area contributed by atoms with Crippen molar-refractivity contribution in [2.24, 2.45) is 11.7 Å². The van der Waals surface area contributed by atoms with Crippen molar-refractivity contribution in [2.75, 3.05) is 13.1 Å². The molecule has 0 aromatic carbocycles. The Hall–Kier alpha value is -0.770. The van der Waals surface area contributed by atoms with Gasteiger partial charge < -0.3 is 15.4 Å². The van der Waals surface area contributed by atoms with Gasteiger partial charge in [-0.3, -0.25) is 0 Å². The summed E-state index contributed by atoms with van der Waals surface area (Å²) >= 11 is 0. The van der Waals surface area contributed by atoms with E-state index in [4.69, 9.17) is 10.5 Å². The maximum atomic E-state index is 11.9. The summed E-state index contributed by atoms with van der Waals surface area (Å²) in [4.78, 5) is 13.7. The van der Waals surface area contributed by atoms with Crippen LogP contribution in [0.5, 0.6) is 0 Å². The van der Waals surface area contributed by atoms with Crippen LogP contribution in [0, 0.1) is 5.92 Å². The Labute approximate surface area is 111 Å². The molecule has 0 aromatic heterocycles. The van der Waals surface area contributed by atoms with E-state index in [2.05, 4.69) is 6.92 Å². The first kappa shape index (κ1) is 15.3. The zero-order valence-corrected chi connectivity index (χ0v) is 12.2. The molecule has 1 heterocycles. The summed E-state index contributed by atoms with van der Waals surface area (Å²) in [6.45, 7) is 9.40. The van der Waals surface area contributed by atoms with Crippen LogP contribution in [0.2, 0.25) is 0 Å². The van der Waals surface area contributed by atoms with E-state index in [1.807, 2.05) is 20.8 Å². The lowest BCUT2D eigenvalue weighted by Gasteiger charge is -2.35. The summed E-state index contributed by atoms with van der Waals surface area (Å²) in [6.07, 6.45) is 4.02. The summed E-state index contributed by atoms with van der Waals surface area (Å²) < 4.78 is 5.38. The number of hydrogen-bond acceptors (Lipinski definition) is 3. The van der Waals surface area contributed by atoms with Gasteiger partial charge in [0.2, 0.25) is 0 Å². The predicted molar refractivity (Wildman–Crippen MR) is 73.4 cm³/mol. The van der Waals surface area contributed by atoms with Gasteiger partial charge >= 0.3 is 6.09 Å². The first-order chi connectivity index (χ1) is 8.33. The van der Waals surface area contributed by atoms with Gasteiger partial charge in [-0.25, -0.2) is 4.79 Å². The minimum Gasteiger partial charge on any atom is -0.444 e. The molecule has 1 amide bonds. The van der Waals surface area contributed by atoms with Gasteiger partial charge in [0.15, 0.2) is 0 Å². The molecule has 1 unspecified atom stereocenters. The second-order valence-electron chi connectivity index (χ2n) is 6.26. The van der Waals surface area contributed by atoms with E-state index in [1.165, 1.54) is 0 Å². The molecule has 1 fully saturated rings. The molecule has 0 aromatic rings. The van der Waals surface area contributed by atoms with Crippen LogP contribution < -0.4 is 5.73 Å². The third kappa shape index (κ3) is 4.84. The molecule has 18 heavy (non-hydrogen) atoms. The van der Waals surface area contributed by atoms with Gasteiger partial charge in [-0.15, -0.1) is 0 Å². The number of rotatable bonds is 3. The number of carbonyl (C=O) groups is 1. The molecule has 2 N–H and O–H groups in total. The van der Waals surface area contributed by atoms with Gasteiger partial charge in [0, 0.05) is 19.1 Å². The minimum absolute atomic E-state index is 0.190. The van der Waals surface area contributed by atoms with Crippen LogP contribution in [0.3, 0.4) is 0 Å². The largest absolute Gasteiger partial charge is 0.444 e. The van der Waals surface area contributed by atoms with Crippen molar-refractivity contribution in [1.29, 1.82) is 0 Å². The molecule has 106 valence electrons. The number of nitrogens with zero attached hydrogens (tertiary/aromatic N) is 1. The average Bonchev–Trinajstić information content (AvgIpc) is 2.27. The maximum Gasteiger partial charge on any atom is 0.410 e. The Morgan fingerprint density at radius 3 is 2.39 bits per heavy atom. The van der Waals surface area contributed by atoms with Gasteiger partial charge in [0.25, 0.3) is 0 Å². The van der Waals surface area contributed by atoms with Gasteiger partial charge in [-0.2, -0.15) is 0 Å². The number of piperidine rings is 1. The van der Waals surface area contributed by atoms with Crippen LogP contribution in [0.15, 0.2) is 0 Å². The lowest BCUT2D eigenvalue weighted by Crippen LogP contribution is -2.45. The Bertz CT molecular complexity index is 265. The molecule has 4 heteroatoms. The monoisotopic (exact) mass is 256 g/mol. The molecule has 0 radical (unpaired) electrons. The standard InChI is InChI=1S/C14H28N2O2/c1-5-6-12(15)11-7-9-16(10-8-11)13(17)18-14(2,3)4/h11-12H,5-10,15H2,1-4H3. The molecule has 1 aliphatic heterocycles. The number of hydrogen-bond donors (Lipinski definition) is 1. The van der Waals surface area contributed by atoms with Crippen molar-refractivity contribution in [2.45, 2.75) is 65.0 Å². The van der Waals surface area contributed by atoms with Gasteiger partial charge in [0.1, 0.15) is 5.60 Å². The lowest BCUT2D eigenvalue weighted by molar-refractivity contribution is 0.0173. The summed E-state index contributed by atoms with van der Waals surface area (Å²) in [5, 5.41) is 0. The Balaban J connectivity index is 2.37.